The summed E-state index contributed by atoms with van der Waals surface area (Å²) in [4.78, 5) is 0. The Kier molecular flexibility index (Phi) is 4.71. The Labute approximate surface area is 150 Å². The van der Waals surface area contributed by atoms with E-state index in [2.05, 4.69) is 39.0 Å². The quantitative estimate of drug-likeness (QED) is 0.715. The van der Waals surface area contributed by atoms with Gasteiger partial charge in [0.15, 0.2) is 0 Å². The van der Waals surface area contributed by atoms with Crippen LogP contribution in [0.5, 0.6) is 11.5 Å². The minimum Gasteiger partial charge on any atom is -0.508 e. The largest absolute Gasteiger partial charge is 0.508 e. The average Bonchev–Trinajstić information content (AvgIpc) is 2.63. The molecule has 2 aromatic carbocycles. The Hall–Kier alpha value is -2.48. The third-order valence-electron chi connectivity index (χ3n) is 5.37. The van der Waals surface area contributed by atoms with Gasteiger partial charge < -0.3 is 10.2 Å². The third kappa shape index (κ3) is 3.63. The van der Waals surface area contributed by atoms with Crippen LogP contribution in [0.4, 0.5) is 0 Å². The number of phenols is 2. The van der Waals surface area contributed by atoms with Gasteiger partial charge in [-0.25, -0.2) is 0 Å². The molecule has 0 heterocycles. The molecule has 3 rings (SSSR count). The zero-order valence-corrected chi connectivity index (χ0v) is 15.2. The van der Waals surface area contributed by atoms with Crippen molar-refractivity contribution < 1.29 is 10.2 Å². The van der Waals surface area contributed by atoms with Gasteiger partial charge in [-0.2, -0.15) is 0 Å². The van der Waals surface area contributed by atoms with E-state index in [9.17, 15) is 10.2 Å². The van der Waals surface area contributed by atoms with Crippen molar-refractivity contribution in [3.63, 3.8) is 0 Å². The number of allylic oxidation sites excluding steroid dienone is 4. The Morgan fingerprint density at radius 1 is 0.840 bits per heavy atom. The molecule has 2 N–H and O–H groups in total. The molecule has 0 fully saturated rings. The summed E-state index contributed by atoms with van der Waals surface area (Å²) < 4.78 is 0. The minimum atomic E-state index is -0.0393. The molecule has 0 saturated heterocycles. The lowest BCUT2D eigenvalue weighted by Gasteiger charge is -2.25. The highest BCUT2D eigenvalue weighted by Crippen LogP contribution is 2.38. The maximum Gasteiger partial charge on any atom is 0.119 e. The monoisotopic (exact) mass is 334 g/mol. The summed E-state index contributed by atoms with van der Waals surface area (Å²) in [5.74, 6) is 0.680. The van der Waals surface area contributed by atoms with E-state index >= 15 is 0 Å². The van der Waals surface area contributed by atoms with E-state index in [1.807, 2.05) is 24.3 Å². The molecule has 1 aliphatic rings. The average molecular weight is 334 g/mol. The zero-order valence-electron chi connectivity index (χ0n) is 15.2. The first kappa shape index (κ1) is 17.3. The Morgan fingerprint density at radius 2 is 1.40 bits per heavy atom. The van der Waals surface area contributed by atoms with Crippen molar-refractivity contribution in [3.05, 3.63) is 71.3 Å². The first-order valence-electron chi connectivity index (χ1n) is 8.94. The lowest BCUT2D eigenvalue weighted by Crippen LogP contribution is -2.16. The molecule has 0 atom stereocenters. The fraction of sp³-hybridized carbons (Fsp3) is 0.304. The first-order valence-corrected chi connectivity index (χ1v) is 8.94. The van der Waals surface area contributed by atoms with Gasteiger partial charge in [-0.05, 0) is 71.2 Å². The number of benzene rings is 2. The Morgan fingerprint density at radius 3 is 1.96 bits per heavy atom. The molecule has 0 spiro atoms. The summed E-state index contributed by atoms with van der Waals surface area (Å²) in [6.45, 7) is 6.49. The molecule has 0 bridgehead atoms. The Balaban J connectivity index is 1.91. The highest BCUT2D eigenvalue weighted by molar-refractivity contribution is 5.78. The molecular formula is C23H26O2. The van der Waals surface area contributed by atoms with Crippen molar-refractivity contribution in [3.8, 4) is 11.5 Å². The molecular weight excluding hydrogens is 308 g/mol. The zero-order chi connectivity index (χ0) is 18.0. The molecule has 2 nitrogen and oxygen atoms in total. The summed E-state index contributed by atoms with van der Waals surface area (Å²) in [6, 6.07) is 13.4. The predicted octanol–water partition coefficient (Wildman–Crippen LogP) is 6.05. The van der Waals surface area contributed by atoms with E-state index in [0.717, 1.165) is 30.4 Å². The van der Waals surface area contributed by atoms with Crippen molar-refractivity contribution >= 4 is 11.1 Å². The second kappa shape index (κ2) is 6.79. The smallest absolute Gasteiger partial charge is 0.119 e. The second-order valence-electron chi connectivity index (χ2n) is 7.40. The SMILES string of the molecule is CCC(C)(C)c1cc(C2=CC=C(c3ccc(O)cc3)CC2)ccc1O. The lowest BCUT2D eigenvalue weighted by molar-refractivity contribution is 0.428. The van der Waals surface area contributed by atoms with Gasteiger partial charge in [0.05, 0.1) is 0 Å². The fourth-order valence-electron chi connectivity index (χ4n) is 3.26. The number of rotatable bonds is 4. The fourth-order valence-corrected chi connectivity index (χ4v) is 3.26. The molecule has 0 aromatic heterocycles. The van der Waals surface area contributed by atoms with Crippen LogP contribution in [0.2, 0.25) is 0 Å². The normalized spacial score (nSPS) is 14.8. The van der Waals surface area contributed by atoms with Crippen LogP contribution in [0.1, 0.15) is 56.7 Å². The standard InChI is InChI=1S/C23H26O2/c1-4-23(2,3)21-15-19(11-14-22(21)25)18-7-5-16(6-8-18)17-9-12-20(24)13-10-17/h5,7,9-15,24-25H,4,6,8H2,1-3H3. The highest BCUT2D eigenvalue weighted by atomic mass is 16.3. The van der Waals surface area contributed by atoms with Crippen LogP contribution in [-0.2, 0) is 5.41 Å². The van der Waals surface area contributed by atoms with Gasteiger partial charge in [-0.1, -0.05) is 51.1 Å². The molecule has 2 aromatic rings. The van der Waals surface area contributed by atoms with Crippen molar-refractivity contribution in [2.45, 2.75) is 45.4 Å². The topological polar surface area (TPSA) is 40.5 Å². The molecule has 2 heteroatoms. The molecule has 0 amide bonds. The lowest BCUT2D eigenvalue weighted by atomic mass is 9.80. The van der Waals surface area contributed by atoms with Gasteiger partial charge in [0.25, 0.3) is 0 Å². The van der Waals surface area contributed by atoms with E-state index in [4.69, 9.17) is 0 Å². The van der Waals surface area contributed by atoms with Gasteiger partial charge in [-0.3, -0.25) is 0 Å². The van der Waals surface area contributed by atoms with Crippen LogP contribution < -0.4 is 0 Å². The minimum absolute atomic E-state index is 0.0393. The highest BCUT2D eigenvalue weighted by Gasteiger charge is 2.22. The van der Waals surface area contributed by atoms with Gasteiger partial charge in [-0.15, -0.1) is 0 Å². The van der Waals surface area contributed by atoms with E-state index in [1.54, 1.807) is 12.1 Å². The van der Waals surface area contributed by atoms with Crippen LogP contribution in [0.3, 0.4) is 0 Å². The molecule has 0 unspecified atom stereocenters. The summed E-state index contributed by atoms with van der Waals surface area (Å²) >= 11 is 0. The van der Waals surface area contributed by atoms with Crippen LogP contribution >= 0.6 is 0 Å². The molecule has 25 heavy (non-hydrogen) atoms. The van der Waals surface area contributed by atoms with Crippen molar-refractivity contribution in [2.75, 3.05) is 0 Å². The van der Waals surface area contributed by atoms with Crippen molar-refractivity contribution in [2.24, 2.45) is 0 Å². The molecule has 130 valence electrons. The summed E-state index contributed by atoms with van der Waals surface area (Å²) in [5.41, 5.74) is 5.92. The number of aromatic hydroxyl groups is 2. The van der Waals surface area contributed by atoms with Gasteiger partial charge in [0, 0.05) is 5.56 Å². The maximum atomic E-state index is 10.3. The summed E-state index contributed by atoms with van der Waals surface area (Å²) in [5, 5.41) is 19.7. The van der Waals surface area contributed by atoms with Crippen LogP contribution in [0.25, 0.3) is 11.1 Å². The Bertz CT molecular complexity index is 824. The van der Waals surface area contributed by atoms with Crippen molar-refractivity contribution in [1.82, 2.24) is 0 Å². The molecule has 1 aliphatic carbocycles. The summed E-state index contributed by atoms with van der Waals surface area (Å²) in [6.07, 6.45) is 7.28. The number of hydrogen-bond donors (Lipinski definition) is 2. The molecule has 0 radical (unpaired) electrons. The van der Waals surface area contributed by atoms with E-state index in [1.165, 1.54) is 16.7 Å². The van der Waals surface area contributed by atoms with Crippen LogP contribution in [-0.4, -0.2) is 10.2 Å². The summed E-state index contributed by atoms with van der Waals surface area (Å²) in [7, 11) is 0. The second-order valence-corrected chi connectivity index (χ2v) is 7.40. The molecule has 0 aliphatic heterocycles. The third-order valence-corrected chi connectivity index (χ3v) is 5.37. The van der Waals surface area contributed by atoms with Crippen molar-refractivity contribution in [1.29, 1.82) is 0 Å². The number of phenolic OH excluding ortho intramolecular Hbond substituents is 2. The van der Waals surface area contributed by atoms with Gasteiger partial charge in [0.1, 0.15) is 11.5 Å². The van der Waals surface area contributed by atoms with Crippen LogP contribution in [0, 0.1) is 0 Å². The van der Waals surface area contributed by atoms with Crippen LogP contribution in [0.15, 0.2) is 54.6 Å². The molecule has 0 saturated carbocycles. The maximum absolute atomic E-state index is 10.3. The number of hydrogen-bond acceptors (Lipinski definition) is 2. The predicted molar refractivity (Wildman–Crippen MR) is 105 cm³/mol. The van der Waals surface area contributed by atoms with E-state index in [0.29, 0.717) is 11.5 Å². The van der Waals surface area contributed by atoms with E-state index in [-0.39, 0.29) is 5.41 Å². The van der Waals surface area contributed by atoms with Gasteiger partial charge >= 0.3 is 0 Å². The van der Waals surface area contributed by atoms with E-state index < -0.39 is 0 Å². The first-order chi connectivity index (χ1) is 11.9. The van der Waals surface area contributed by atoms with Gasteiger partial charge in [0.2, 0.25) is 0 Å².